The molecule has 0 saturated carbocycles. The Bertz CT molecular complexity index is 296. The van der Waals surface area contributed by atoms with Gasteiger partial charge in [-0.1, -0.05) is 6.92 Å². The molecule has 1 rings (SSSR count). The number of hydrogen-bond donors (Lipinski definition) is 3. The minimum absolute atomic E-state index is 0.596. The first-order valence-electron chi connectivity index (χ1n) is 5.00. The maximum absolute atomic E-state index is 5.32. The number of rotatable bonds is 4. The Hall–Kier alpha value is -1.62. The third-order valence-electron chi connectivity index (χ3n) is 1.85. The van der Waals surface area contributed by atoms with Gasteiger partial charge in [0, 0.05) is 18.9 Å². The topological polar surface area (TPSA) is 75.3 Å². The van der Waals surface area contributed by atoms with Crippen LogP contribution in [0.4, 0.5) is 0 Å². The summed E-state index contributed by atoms with van der Waals surface area (Å²) in [7, 11) is 0. The molecule has 0 saturated heterocycles. The Labute approximate surface area is 89.8 Å². The Kier molecular flexibility index (Phi) is 5.18. The van der Waals surface area contributed by atoms with Crippen LogP contribution in [-0.4, -0.2) is 17.5 Å². The molecule has 1 heterocycles. The van der Waals surface area contributed by atoms with Crippen molar-refractivity contribution < 1.29 is 0 Å². The highest BCUT2D eigenvalue weighted by molar-refractivity contribution is 5.79. The molecule has 5 heteroatoms. The number of guanidine groups is 1. The zero-order chi connectivity index (χ0) is 10.9. The zero-order valence-corrected chi connectivity index (χ0v) is 8.90. The summed E-state index contributed by atoms with van der Waals surface area (Å²) in [4.78, 5) is 8.23. The van der Waals surface area contributed by atoms with Crippen LogP contribution in [0.5, 0.6) is 0 Å². The first-order chi connectivity index (χ1) is 7.36. The second-order valence-electron chi connectivity index (χ2n) is 3.09. The predicted molar refractivity (Wildman–Crippen MR) is 61.0 cm³/mol. The molecule has 0 radical (unpaired) electrons. The minimum Gasteiger partial charge on any atom is -0.355 e. The molecule has 82 valence electrons. The molecule has 4 N–H and O–H groups in total. The van der Waals surface area contributed by atoms with E-state index in [1.807, 2.05) is 12.1 Å². The van der Waals surface area contributed by atoms with E-state index in [-0.39, 0.29) is 0 Å². The minimum atomic E-state index is 0.596. The fourth-order valence-electron chi connectivity index (χ4n) is 1.05. The quantitative estimate of drug-likeness (QED) is 0.289. The zero-order valence-electron chi connectivity index (χ0n) is 8.90. The SMILES string of the molecule is CCCNC(=NCc1ccncc1)NN. The van der Waals surface area contributed by atoms with E-state index in [1.165, 1.54) is 0 Å². The van der Waals surface area contributed by atoms with E-state index in [2.05, 4.69) is 27.6 Å². The monoisotopic (exact) mass is 207 g/mol. The van der Waals surface area contributed by atoms with Crippen molar-refractivity contribution in [1.29, 1.82) is 0 Å². The van der Waals surface area contributed by atoms with Crippen molar-refractivity contribution in [3.8, 4) is 0 Å². The Morgan fingerprint density at radius 3 is 2.80 bits per heavy atom. The third-order valence-corrected chi connectivity index (χ3v) is 1.85. The lowest BCUT2D eigenvalue weighted by atomic mass is 10.3. The predicted octanol–water partition coefficient (Wildman–Crippen LogP) is 0.401. The van der Waals surface area contributed by atoms with Gasteiger partial charge in [0.15, 0.2) is 0 Å². The lowest BCUT2D eigenvalue weighted by Crippen LogP contribution is -2.41. The highest BCUT2D eigenvalue weighted by atomic mass is 15.3. The van der Waals surface area contributed by atoms with E-state index in [4.69, 9.17) is 5.84 Å². The van der Waals surface area contributed by atoms with Crippen molar-refractivity contribution in [1.82, 2.24) is 15.7 Å². The van der Waals surface area contributed by atoms with Crippen LogP contribution in [0.25, 0.3) is 0 Å². The first kappa shape index (κ1) is 11.5. The fraction of sp³-hybridized carbons (Fsp3) is 0.400. The standard InChI is InChI=1S/C10H17N5/c1-2-5-13-10(15-11)14-8-9-3-6-12-7-4-9/h3-4,6-7H,2,5,8,11H2,1H3,(H2,13,14,15). The maximum atomic E-state index is 5.32. The van der Waals surface area contributed by atoms with Crippen LogP contribution in [0.3, 0.4) is 0 Å². The summed E-state index contributed by atoms with van der Waals surface area (Å²) >= 11 is 0. The van der Waals surface area contributed by atoms with Gasteiger partial charge in [-0.05, 0) is 24.1 Å². The molecule has 0 aliphatic carbocycles. The summed E-state index contributed by atoms with van der Waals surface area (Å²) in [6.07, 6.45) is 4.54. The van der Waals surface area contributed by atoms with Crippen molar-refractivity contribution in [2.45, 2.75) is 19.9 Å². The first-order valence-corrected chi connectivity index (χ1v) is 5.00. The molecule has 0 bridgehead atoms. The summed E-state index contributed by atoms with van der Waals surface area (Å²) in [5, 5.41) is 3.09. The van der Waals surface area contributed by atoms with E-state index in [1.54, 1.807) is 12.4 Å². The Morgan fingerprint density at radius 2 is 2.20 bits per heavy atom. The van der Waals surface area contributed by atoms with Crippen LogP contribution in [0.1, 0.15) is 18.9 Å². The van der Waals surface area contributed by atoms with Crippen LogP contribution >= 0.6 is 0 Å². The Balaban J connectivity index is 2.47. The van der Waals surface area contributed by atoms with E-state index < -0.39 is 0 Å². The van der Waals surface area contributed by atoms with Gasteiger partial charge in [-0.3, -0.25) is 10.4 Å². The van der Waals surface area contributed by atoms with Gasteiger partial charge in [0.2, 0.25) is 5.96 Å². The third kappa shape index (κ3) is 4.42. The van der Waals surface area contributed by atoms with Crippen molar-refractivity contribution in [2.24, 2.45) is 10.8 Å². The molecule has 0 fully saturated rings. The van der Waals surface area contributed by atoms with Gasteiger partial charge in [0.1, 0.15) is 0 Å². The molecule has 0 aliphatic heterocycles. The summed E-state index contributed by atoms with van der Waals surface area (Å²) in [5.41, 5.74) is 3.64. The number of hydrogen-bond acceptors (Lipinski definition) is 3. The van der Waals surface area contributed by atoms with Crippen molar-refractivity contribution >= 4 is 5.96 Å². The molecule has 0 spiro atoms. The molecule has 15 heavy (non-hydrogen) atoms. The number of nitrogens with two attached hydrogens (primary N) is 1. The molecule has 1 aromatic rings. The van der Waals surface area contributed by atoms with E-state index in [9.17, 15) is 0 Å². The average Bonchev–Trinajstić information content (AvgIpc) is 2.31. The average molecular weight is 207 g/mol. The molecular formula is C10H17N5. The molecule has 0 amide bonds. The van der Waals surface area contributed by atoms with E-state index in [0.717, 1.165) is 18.5 Å². The number of aromatic nitrogens is 1. The van der Waals surface area contributed by atoms with E-state index in [0.29, 0.717) is 12.5 Å². The van der Waals surface area contributed by atoms with Gasteiger partial charge in [-0.25, -0.2) is 10.8 Å². The Morgan fingerprint density at radius 1 is 1.47 bits per heavy atom. The summed E-state index contributed by atoms with van der Waals surface area (Å²) in [5.74, 6) is 5.94. The number of nitrogens with one attached hydrogen (secondary N) is 2. The van der Waals surface area contributed by atoms with Gasteiger partial charge >= 0.3 is 0 Å². The number of nitrogens with zero attached hydrogens (tertiary/aromatic N) is 2. The van der Waals surface area contributed by atoms with Gasteiger partial charge in [0.05, 0.1) is 6.54 Å². The number of aliphatic imine (C=N–C) groups is 1. The van der Waals surface area contributed by atoms with Crippen LogP contribution in [-0.2, 0) is 6.54 Å². The molecular weight excluding hydrogens is 190 g/mol. The molecule has 1 aromatic heterocycles. The second-order valence-corrected chi connectivity index (χ2v) is 3.09. The largest absolute Gasteiger partial charge is 0.355 e. The summed E-state index contributed by atoms with van der Waals surface area (Å²) in [6, 6.07) is 3.86. The van der Waals surface area contributed by atoms with Gasteiger partial charge < -0.3 is 5.32 Å². The number of hydrazine groups is 1. The normalized spacial score (nSPS) is 11.2. The summed E-state index contributed by atoms with van der Waals surface area (Å²) < 4.78 is 0. The van der Waals surface area contributed by atoms with Crippen LogP contribution in [0.2, 0.25) is 0 Å². The highest BCUT2D eigenvalue weighted by Gasteiger charge is 1.94. The smallest absolute Gasteiger partial charge is 0.206 e. The second kappa shape index (κ2) is 6.78. The van der Waals surface area contributed by atoms with Crippen molar-refractivity contribution in [3.05, 3.63) is 30.1 Å². The highest BCUT2D eigenvalue weighted by Crippen LogP contribution is 1.97. The maximum Gasteiger partial charge on any atom is 0.206 e. The van der Waals surface area contributed by atoms with Gasteiger partial charge in [0.25, 0.3) is 0 Å². The van der Waals surface area contributed by atoms with Gasteiger partial charge in [-0.2, -0.15) is 0 Å². The van der Waals surface area contributed by atoms with Crippen molar-refractivity contribution in [2.75, 3.05) is 6.54 Å². The molecule has 0 aliphatic rings. The molecule has 0 unspecified atom stereocenters. The summed E-state index contributed by atoms with van der Waals surface area (Å²) in [6.45, 7) is 3.54. The molecule has 0 atom stereocenters. The number of pyridine rings is 1. The van der Waals surface area contributed by atoms with E-state index >= 15 is 0 Å². The van der Waals surface area contributed by atoms with Crippen LogP contribution in [0, 0.1) is 0 Å². The van der Waals surface area contributed by atoms with Crippen LogP contribution in [0.15, 0.2) is 29.5 Å². The molecule has 5 nitrogen and oxygen atoms in total. The fourth-order valence-corrected chi connectivity index (χ4v) is 1.05. The van der Waals surface area contributed by atoms with Gasteiger partial charge in [-0.15, -0.1) is 0 Å². The molecule has 0 aromatic carbocycles. The van der Waals surface area contributed by atoms with Crippen molar-refractivity contribution in [3.63, 3.8) is 0 Å². The lowest BCUT2D eigenvalue weighted by molar-refractivity contribution is 0.790. The lowest BCUT2D eigenvalue weighted by Gasteiger charge is -2.07. The van der Waals surface area contributed by atoms with Crippen LogP contribution < -0.4 is 16.6 Å².